The minimum absolute atomic E-state index is 0.0718. The maximum atomic E-state index is 13.6. The minimum atomic E-state index is -4.06. The van der Waals surface area contributed by atoms with Crippen molar-refractivity contribution in [2.24, 2.45) is 0 Å². The molecule has 0 saturated heterocycles. The van der Waals surface area contributed by atoms with Gasteiger partial charge < -0.3 is 10.1 Å². The standard InChI is InChI=1S/C25H25ClN2O5S/c1-4-18-7-5-6-8-23(18)28(34(31,32)20-12-9-17(2)10-13-20)16-24(29)27-22-15-19(25(30)33-3)11-14-21(22)26/h5-15H,4,16H2,1-3H3,(H,27,29). The lowest BCUT2D eigenvalue weighted by Crippen LogP contribution is -2.38. The summed E-state index contributed by atoms with van der Waals surface area (Å²) in [6, 6.07) is 17.8. The molecule has 0 unspecified atom stereocenters. The first-order chi connectivity index (χ1) is 16.2. The number of hydrogen-bond donors (Lipinski definition) is 1. The largest absolute Gasteiger partial charge is 0.465 e. The molecule has 9 heteroatoms. The van der Waals surface area contributed by atoms with Gasteiger partial charge in [0.05, 0.1) is 34.0 Å². The summed E-state index contributed by atoms with van der Waals surface area (Å²) in [7, 11) is -2.82. The molecule has 3 aromatic rings. The summed E-state index contributed by atoms with van der Waals surface area (Å²) in [6.07, 6.45) is 0.574. The molecule has 0 atom stereocenters. The van der Waals surface area contributed by atoms with Crippen LogP contribution >= 0.6 is 11.6 Å². The second-order valence-corrected chi connectivity index (χ2v) is 9.81. The first kappa shape index (κ1) is 25.3. The van der Waals surface area contributed by atoms with Crippen LogP contribution < -0.4 is 9.62 Å². The minimum Gasteiger partial charge on any atom is -0.465 e. The first-order valence-electron chi connectivity index (χ1n) is 10.5. The number of para-hydroxylation sites is 1. The number of anilines is 2. The third kappa shape index (κ3) is 5.58. The molecule has 0 aromatic heterocycles. The van der Waals surface area contributed by atoms with Crippen molar-refractivity contribution in [3.05, 3.63) is 88.4 Å². The Balaban J connectivity index is 1.99. The van der Waals surface area contributed by atoms with Crippen molar-refractivity contribution in [1.29, 1.82) is 0 Å². The van der Waals surface area contributed by atoms with Crippen molar-refractivity contribution >= 4 is 44.9 Å². The zero-order chi connectivity index (χ0) is 24.9. The normalized spacial score (nSPS) is 11.1. The van der Waals surface area contributed by atoms with Crippen LogP contribution in [0.15, 0.2) is 71.6 Å². The highest BCUT2D eigenvalue weighted by Crippen LogP contribution is 2.29. The van der Waals surface area contributed by atoms with Crippen molar-refractivity contribution in [1.82, 2.24) is 0 Å². The van der Waals surface area contributed by atoms with Crippen LogP contribution in [-0.4, -0.2) is 33.9 Å². The number of amides is 1. The van der Waals surface area contributed by atoms with Gasteiger partial charge in [0.25, 0.3) is 10.0 Å². The topological polar surface area (TPSA) is 92.8 Å². The van der Waals surface area contributed by atoms with Gasteiger partial charge in [-0.3, -0.25) is 9.10 Å². The van der Waals surface area contributed by atoms with E-state index in [4.69, 9.17) is 16.3 Å². The molecule has 0 aliphatic rings. The van der Waals surface area contributed by atoms with Crippen molar-refractivity contribution in [3.8, 4) is 0 Å². The summed E-state index contributed by atoms with van der Waals surface area (Å²) in [4.78, 5) is 25.0. The number of methoxy groups -OCH3 is 1. The maximum Gasteiger partial charge on any atom is 0.337 e. The third-order valence-electron chi connectivity index (χ3n) is 5.20. The van der Waals surface area contributed by atoms with E-state index in [1.807, 2.05) is 26.0 Å². The zero-order valence-corrected chi connectivity index (χ0v) is 20.6. The number of carbonyl (C=O) groups is 2. The number of sulfonamides is 1. The second-order valence-electron chi connectivity index (χ2n) is 7.54. The maximum absolute atomic E-state index is 13.6. The van der Waals surface area contributed by atoms with Crippen LogP contribution in [0.5, 0.6) is 0 Å². The van der Waals surface area contributed by atoms with E-state index < -0.39 is 28.4 Å². The predicted octanol–water partition coefficient (Wildman–Crippen LogP) is 4.83. The number of aryl methyl sites for hydroxylation is 2. The van der Waals surface area contributed by atoms with E-state index in [2.05, 4.69) is 5.32 Å². The Hall–Kier alpha value is -3.36. The monoisotopic (exact) mass is 500 g/mol. The van der Waals surface area contributed by atoms with Gasteiger partial charge in [-0.25, -0.2) is 13.2 Å². The van der Waals surface area contributed by atoms with Crippen LogP contribution in [-0.2, 0) is 26.0 Å². The Kier molecular flexibility index (Phi) is 7.96. The van der Waals surface area contributed by atoms with Crippen LogP contribution in [0.2, 0.25) is 5.02 Å². The number of benzene rings is 3. The number of hydrogen-bond acceptors (Lipinski definition) is 5. The lowest BCUT2D eigenvalue weighted by molar-refractivity contribution is -0.114. The smallest absolute Gasteiger partial charge is 0.337 e. The number of rotatable bonds is 8. The third-order valence-corrected chi connectivity index (χ3v) is 7.30. The fraction of sp³-hybridized carbons (Fsp3) is 0.200. The van der Waals surface area contributed by atoms with Crippen LogP contribution in [0.25, 0.3) is 0 Å². The highest BCUT2D eigenvalue weighted by atomic mass is 35.5. The average molecular weight is 501 g/mol. The zero-order valence-electron chi connectivity index (χ0n) is 19.0. The Bertz CT molecular complexity index is 1310. The van der Waals surface area contributed by atoms with Crippen molar-refractivity contribution < 1.29 is 22.7 Å². The molecule has 0 fully saturated rings. The quantitative estimate of drug-likeness (QED) is 0.447. The number of esters is 1. The van der Waals surface area contributed by atoms with E-state index in [1.54, 1.807) is 24.3 Å². The summed E-state index contributed by atoms with van der Waals surface area (Å²) in [5.41, 5.74) is 2.47. The van der Waals surface area contributed by atoms with Gasteiger partial charge in [0.2, 0.25) is 5.91 Å². The van der Waals surface area contributed by atoms with Gasteiger partial charge in [0, 0.05) is 0 Å². The molecule has 1 amide bonds. The van der Waals surface area contributed by atoms with Crippen LogP contribution in [0.1, 0.15) is 28.4 Å². The van der Waals surface area contributed by atoms with Crippen molar-refractivity contribution in [2.45, 2.75) is 25.2 Å². The number of ether oxygens (including phenoxy) is 1. The fourth-order valence-corrected chi connectivity index (χ4v) is 5.00. The molecule has 0 aliphatic carbocycles. The highest BCUT2D eigenvalue weighted by Gasteiger charge is 2.29. The summed E-state index contributed by atoms with van der Waals surface area (Å²) in [5, 5.41) is 2.81. The second kappa shape index (κ2) is 10.7. The Labute approximate surface area is 204 Å². The van der Waals surface area contributed by atoms with Gasteiger partial charge >= 0.3 is 5.97 Å². The Morgan fingerprint density at radius 1 is 1.03 bits per heavy atom. The molecule has 0 heterocycles. The first-order valence-corrected chi connectivity index (χ1v) is 12.3. The molecule has 34 heavy (non-hydrogen) atoms. The summed E-state index contributed by atoms with van der Waals surface area (Å²) in [6.45, 7) is 3.28. The molecule has 3 aromatic carbocycles. The molecular weight excluding hydrogens is 476 g/mol. The van der Waals surface area contributed by atoms with Gasteiger partial charge in [-0.05, 0) is 55.3 Å². The van der Waals surface area contributed by atoms with Crippen molar-refractivity contribution in [3.63, 3.8) is 0 Å². The van der Waals surface area contributed by atoms with Gasteiger partial charge in [-0.1, -0.05) is 54.4 Å². The molecule has 0 saturated carbocycles. The molecule has 0 spiro atoms. The molecule has 1 N–H and O–H groups in total. The number of nitrogens with zero attached hydrogens (tertiary/aromatic N) is 1. The number of halogens is 1. The van der Waals surface area contributed by atoms with Gasteiger partial charge in [-0.15, -0.1) is 0 Å². The number of carbonyl (C=O) groups excluding carboxylic acids is 2. The highest BCUT2D eigenvalue weighted by molar-refractivity contribution is 7.92. The number of nitrogens with one attached hydrogen (secondary N) is 1. The van der Waals surface area contributed by atoms with Gasteiger partial charge in [0.15, 0.2) is 0 Å². The Morgan fingerprint density at radius 3 is 2.35 bits per heavy atom. The van der Waals surface area contributed by atoms with E-state index in [0.717, 1.165) is 15.4 Å². The Morgan fingerprint density at radius 2 is 1.71 bits per heavy atom. The van der Waals surface area contributed by atoms with Gasteiger partial charge in [-0.2, -0.15) is 0 Å². The van der Waals surface area contributed by atoms with Crippen LogP contribution in [0, 0.1) is 6.92 Å². The van der Waals surface area contributed by atoms with E-state index in [9.17, 15) is 18.0 Å². The van der Waals surface area contributed by atoms with E-state index in [0.29, 0.717) is 12.1 Å². The summed E-state index contributed by atoms with van der Waals surface area (Å²) >= 11 is 6.19. The van der Waals surface area contributed by atoms with Crippen LogP contribution in [0.4, 0.5) is 11.4 Å². The average Bonchev–Trinajstić information content (AvgIpc) is 2.83. The molecule has 0 radical (unpaired) electrons. The molecule has 0 bridgehead atoms. The van der Waals surface area contributed by atoms with Crippen molar-refractivity contribution in [2.75, 3.05) is 23.3 Å². The van der Waals surface area contributed by atoms with E-state index >= 15 is 0 Å². The molecule has 178 valence electrons. The van der Waals surface area contributed by atoms with E-state index in [1.165, 1.54) is 37.4 Å². The summed E-state index contributed by atoms with van der Waals surface area (Å²) < 4.78 is 33.0. The molecule has 7 nitrogen and oxygen atoms in total. The molecule has 3 rings (SSSR count). The SMILES string of the molecule is CCc1ccccc1N(CC(=O)Nc1cc(C(=O)OC)ccc1Cl)S(=O)(=O)c1ccc(C)cc1. The predicted molar refractivity (Wildman–Crippen MR) is 133 cm³/mol. The van der Waals surface area contributed by atoms with Crippen LogP contribution in [0.3, 0.4) is 0 Å². The summed E-state index contributed by atoms with van der Waals surface area (Å²) in [5.74, 6) is -1.21. The fourth-order valence-electron chi connectivity index (χ4n) is 3.38. The lowest BCUT2D eigenvalue weighted by atomic mass is 10.1. The molecular formula is C25H25ClN2O5S. The van der Waals surface area contributed by atoms with Gasteiger partial charge in [0.1, 0.15) is 6.54 Å². The molecule has 0 aliphatic heterocycles. The lowest BCUT2D eigenvalue weighted by Gasteiger charge is -2.26. The van der Waals surface area contributed by atoms with E-state index in [-0.39, 0.29) is 21.2 Å².